The van der Waals surface area contributed by atoms with E-state index in [1.54, 1.807) is 36.4 Å². The van der Waals surface area contributed by atoms with E-state index in [4.69, 9.17) is 14.2 Å². The molecule has 2 amide bonds. The van der Waals surface area contributed by atoms with Gasteiger partial charge < -0.3 is 24.8 Å². The summed E-state index contributed by atoms with van der Waals surface area (Å²) in [7, 11) is 4.55. The van der Waals surface area contributed by atoms with Gasteiger partial charge in [-0.3, -0.25) is 9.59 Å². The standard InChI is InChI=1S/C22H28N2O5/c1-6-14(2)23-22(26)16-9-7-8-10-17(16)24-19(25)13-15-11-12-18(27-3)21(29-5)20(15)28-4/h7-12,14H,6,13H2,1-5H3,(H,23,26)(H,24,25)/t14-/m0/s1. The Labute approximate surface area is 171 Å². The number of amides is 2. The molecule has 2 N–H and O–H groups in total. The first-order chi connectivity index (χ1) is 13.9. The van der Waals surface area contributed by atoms with Crippen molar-refractivity contribution in [1.82, 2.24) is 5.32 Å². The molecule has 2 aromatic carbocycles. The van der Waals surface area contributed by atoms with Gasteiger partial charge in [0, 0.05) is 11.6 Å². The number of carbonyl (C=O) groups excluding carboxylic acids is 2. The Balaban J connectivity index is 2.22. The highest BCUT2D eigenvalue weighted by atomic mass is 16.5. The third-order valence-corrected chi connectivity index (χ3v) is 4.57. The van der Waals surface area contributed by atoms with Crippen LogP contribution in [0.2, 0.25) is 0 Å². The van der Waals surface area contributed by atoms with Crippen molar-refractivity contribution < 1.29 is 23.8 Å². The molecule has 0 radical (unpaired) electrons. The summed E-state index contributed by atoms with van der Waals surface area (Å²) in [6.45, 7) is 3.93. The number of anilines is 1. The molecule has 156 valence electrons. The Bertz CT molecular complexity index is 866. The minimum atomic E-state index is -0.278. The first kappa shape index (κ1) is 22.1. The molecule has 0 bridgehead atoms. The highest BCUT2D eigenvalue weighted by Crippen LogP contribution is 2.40. The summed E-state index contributed by atoms with van der Waals surface area (Å²) in [5.74, 6) is 0.872. The van der Waals surface area contributed by atoms with E-state index in [9.17, 15) is 9.59 Å². The lowest BCUT2D eigenvalue weighted by Crippen LogP contribution is -2.32. The van der Waals surface area contributed by atoms with Gasteiger partial charge in [-0.1, -0.05) is 25.1 Å². The van der Waals surface area contributed by atoms with Crippen LogP contribution >= 0.6 is 0 Å². The number of hydrogen-bond donors (Lipinski definition) is 2. The second kappa shape index (κ2) is 10.4. The summed E-state index contributed by atoms with van der Waals surface area (Å²) < 4.78 is 16.1. The number of hydrogen-bond acceptors (Lipinski definition) is 5. The van der Waals surface area contributed by atoms with Crippen molar-refractivity contribution in [3.05, 3.63) is 47.5 Å². The van der Waals surface area contributed by atoms with Crippen molar-refractivity contribution in [3.63, 3.8) is 0 Å². The lowest BCUT2D eigenvalue weighted by molar-refractivity contribution is -0.115. The molecule has 0 aliphatic rings. The zero-order valence-corrected chi connectivity index (χ0v) is 17.5. The van der Waals surface area contributed by atoms with Gasteiger partial charge in [-0.25, -0.2) is 0 Å². The predicted molar refractivity (Wildman–Crippen MR) is 112 cm³/mol. The van der Waals surface area contributed by atoms with Gasteiger partial charge in [-0.15, -0.1) is 0 Å². The predicted octanol–water partition coefficient (Wildman–Crippen LogP) is 3.42. The van der Waals surface area contributed by atoms with E-state index >= 15 is 0 Å². The fourth-order valence-electron chi connectivity index (χ4n) is 2.86. The van der Waals surface area contributed by atoms with Crippen LogP contribution in [0.4, 0.5) is 5.69 Å². The third kappa shape index (κ3) is 5.40. The van der Waals surface area contributed by atoms with E-state index in [0.717, 1.165) is 6.42 Å². The topological polar surface area (TPSA) is 85.9 Å². The van der Waals surface area contributed by atoms with Crippen molar-refractivity contribution in [3.8, 4) is 17.2 Å². The van der Waals surface area contributed by atoms with Crippen LogP contribution in [0, 0.1) is 0 Å². The Hall–Kier alpha value is -3.22. The monoisotopic (exact) mass is 400 g/mol. The molecule has 0 aromatic heterocycles. The Morgan fingerprint density at radius 1 is 0.966 bits per heavy atom. The van der Waals surface area contributed by atoms with Crippen LogP contribution in [0.5, 0.6) is 17.2 Å². The summed E-state index contributed by atoms with van der Waals surface area (Å²) in [6.07, 6.45) is 0.865. The normalized spacial score (nSPS) is 11.3. The van der Waals surface area contributed by atoms with E-state index in [2.05, 4.69) is 10.6 Å². The van der Waals surface area contributed by atoms with Gasteiger partial charge >= 0.3 is 0 Å². The van der Waals surface area contributed by atoms with E-state index in [0.29, 0.717) is 34.1 Å². The van der Waals surface area contributed by atoms with Gasteiger partial charge in [0.15, 0.2) is 11.5 Å². The average molecular weight is 400 g/mol. The van der Waals surface area contributed by atoms with Crippen LogP contribution in [0.1, 0.15) is 36.2 Å². The molecule has 7 heteroatoms. The van der Waals surface area contributed by atoms with Crippen molar-refractivity contribution in [2.45, 2.75) is 32.7 Å². The van der Waals surface area contributed by atoms with E-state index in [1.165, 1.54) is 21.3 Å². The molecule has 0 aliphatic carbocycles. The molecule has 0 spiro atoms. The minimum absolute atomic E-state index is 0.0438. The van der Waals surface area contributed by atoms with Crippen LogP contribution < -0.4 is 24.8 Å². The Morgan fingerprint density at radius 3 is 2.28 bits per heavy atom. The van der Waals surface area contributed by atoms with Crippen LogP contribution in [-0.2, 0) is 11.2 Å². The second-order valence-corrected chi connectivity index (χ2v) is 6.55. The van der Waals surface area contributed by atoms with Gasteiger partial charge in [0.1, 0.15) is 0 Å². The highest BCUT2D eigenvalue weighted by Gasteiger charge is 2.19. The van der Waals surface area contributed by atoms with E-state index < -0.39 is 0 Å². The summed E-state index contributed by atoms with van der Waals surface area (Å²) >= 11 is 0. The first-order valence-corrected chi connectivity index (χ1v) is 9.42. The quantitative estimate of drug-likeness (QED) is 0.674. The molecular formula is C22H28N2O5. The SMILES string of the molecule is CC[C@H](C)NC(=O)c1ccccc1NC(=O)Cc1ccc(OC)c(OC)c1OC. The molecular weight excluding hydrogens is 372 g/mol. The van der Waals surface area contributed by atoms with Crippen molar-refractivity contribution >= 4 is 17.5 Å². The molecule has 0 aliphatic heterocycles. The summed E-state index contributed by atoms with van der Waals surface area (Å²) in [4.78, 5) is 25.2. The fraction of sp³-hybridized carbons (Fsp3) is 0.364. The minimum Gasteiger partial charge on any atom is -0.493 e. The number of ether oxygens (including phenoxy) is 3. The van der Waals surface area contributed by atoms with Crippen LogP contribution in [0.15, 0.2) is 36.4 Å². The number of nitrogens with one attached hydrogen (secondary N) is 2. The molecule has 0 unspecified atom stereocenters. The zero-order valence-electron chi connectivity index (χ0n) is 17.5. The number of rotatable bonds is 9. The van der Waals surface area contributed by atoms with E-state index in [-0.39, 0.29) is 24.3 Å². The fourth-order valence-corrected chi connectivity index (χ4v) is 2.86. The maximum absolute atomic E-state index is 12.7. The van der Waals surface area contributed by atoms with Crippen molar-refractivity contribution in [2.75, 3.05) is 26.6 Å². The van der Waals surface area contributed by atoms with Gasteiger partial charge in [0.2, 0.25) is 11.7 Å². The molecule has 0 saturated carbocycles. The largest absolute Gasteiger partial charge is 0.493 e. The first-order valence-electron chi connectivity index (χ1n) is 9.42. The molecule has 7 nitrogen and oxygen atoms in total. The molecule has 0 heterocycles. The number of benzene rings is 2. The van der Waals surface area contributed by atoms with Crippen molar-refractivity contribution in [2.24, 2.45) is 0 Å². The third-order valence-electron chi connectivity index (χ3n) is 4.57. The molecule has 1 atom stereocenters. The van der Waals surface area contributed by atoms with Crippen LogP contribution in [0.3, 0.4) is 0 Å². The van der Waals surface area contributed by atoms with Crippen LogP contribution in [0.25, 0.3) is 0 Å². The maximum atomic E-state index is 12.7. The van der Waals surface area contributed by atoms with Gasteiger partial charge in [-0.2, -0.15) is 0 Å². The van der Waals surface area contributed by atoms with Gasteiger partial charge in [0.25, 0.3) is 5.91 Å². The van der Waals surface area contributed by atoms with E-state index in [1.807, 2.05) is 13.8 Å². The lowest BCUT2D eigenvalue weighted by atomic mass is 10.1. The van der Waals surface area contributed by atoms with Gasteiger partial charge in [0.05, 0.1) is 39.0 Å². The number of methoxy groups -OCH3 is 3. The summed E-state index contributed by atoms with van der Waals surface area (Å²) in [6, 6.07) is 10.4. The molecule has 29 heavy (non-hydrogen) atoms. The van der Waals surface area contributed by atoms with Gasteiger partial charge in [-0.05, 0) is 31.5 Å². The molecule has 0 saturated heterocycles. The number of para-hydroxylation sites is 1. The lowest BCUT2D eigenvalue weighted by Gasteiger charge is -2.17. The molecule has 2 rings (SSSR count). The Morgan fingerprint density at radius 2 is 1.66 bits per heavy atom. The molecule has 2 aromatic rings. The maximum Gasteiger partial charge on any atom is 0.253 e. The highest BCUT2D eigenvalue weighted by molar-refractivity contribution is 6.04. The van der Waals surface area contributed by atoms with Crippen LogP contribution in [-0.4, -0.2) is 39.2 Å². The number of carbonyl (C=O) groups is 2. The average Bonchev–Trinajstić information content (AvgIpc) is 2.73. The Kier molecular flexibility index (Phi) is 7.88. The molecule has 0 fully saturated rings. The smallest absolute Gasteiger partial charge is 0.253 e. The second-order valence-electron chi connectivity index (χ2n) is 6.55. The van der Waals surface area contributed by atoms with Crippen molar-refractivity contribution in [1.29, 1.82) is 0 Å². The summed E-state index contributed by atoms with van der Waals surface area (Å²) in [5.41, 5.74) is 1.52. The summed E-state index contributed by atoms with van der Waals surface area (Å²) in [5, 5.41) is 5.74. The zero-order chi connectivity index (χ0) is 21.4.